The summed E-state index contributed by atoms with van der Waals surface area (Å²) in [6.07, 6.45) is 1.45. The van der Waals surface area contributed by atoms with Crippen LogP contribution in [0, 0.1) is 15.5 Å². The molecule has 20 heavy (non-hydrogen) atoms. The number of halogens is 1. The molecular weight excluding hydrogens is 324 g/mol. The second-order valence-corrected chi connectivity index (χ2v) is 6.57. The second-order valence-electron chi connectivity index (χ2n) is 5.72. The van der Waals surface area contributed by atoms with E-state index in [1.54, 1.807) is 0 Å². The predicted molar refractivity (Wildman–Crippen MR) is 81.8 cm³/mol. The molecule has 6 nitrogen and oxygen atoms in total. The predicted octanol–water partition coefficient (Wildman–Crippen LogP) is 3.76. The number of nitrogens with one attached hydrogen (secondary N) is 1. The maximum absolute atomic E-state index is 10.9. The number of anilines is 1. The maximum Gasteiger partial charge on any atom is 0.271 e. The van der Waals surface area contributed by atoms with E-state index >= 15 is 0 Å². The first-order valence-corrected chi connectivity index (χ1v) is 6.90. The monoisotopic (exact) mass is 338 g/mol. The smallest absolute Gasteiger partial charge is 0.271 e. The van der Waals surface area contributed by atoms with Crippen molar-refractivity contribution in [3.05, 3.63) is 33.0 Å². The van der Waals surface area contributed by atoms with Gasteiger partial charge in [-0.15, -0.1) is 0 Å². The van der Waals surface area contributed by atoms with Crippen LogP contribution in [0.2, 0.25) is 0 Å². The first kappa shape index (κ1) is 14.6. The molecule has 0 saturated heterocycles. The molecular formula is C13H15BrN4O2. The minimum absolute atomic E-state index is 0.0120. The molecule has 0 unspecified atom stereocenters. The number of aromatic nitrogens is 2. The highest BCUT2D eigenvalue weighted by Gasteiger charge is 2.16. The summed E-state index contributed by atoms with van der Waals surface area (Å²) in [4.78, 5) is 18.9. The SMILES string of the molecule is CC(C)(C)CNc1ncnc2c(Br)cc([N+](=O)[O-])cc12. The van der Waals surface area contributed by atoms with E-state index < -0.39 is 4.92 Å². The summed E-state index contributed by atoms with van der Waals surface area (Å²) >= 11 is 3.32. The molecule has 1 N–H and O–H groups in total. The molecule has 0 saturated carbocycles. The van der Waals surface area contributed by atoms with Gasteiger partial charge in [-0.2, -0.15) is 0 Å². The third-order valence-electron chi connectivity index (χ3n) is 2.67. The Kier molecular flexibility index (Phi) is 3.89. The zero-order valence-electron chi connectivity index (χ0n) is 11.5. The zero-order valence-corrected chi connectivity index (χ0v) is 13.1. The number of rotatable bonds is 3. The lowest BCUT2D eigenvalue weighted by Gasteiger charge is -2.19. The minimum atomic E-state index is -0.426. The van der Waals surface area contributed by atoms with Crippen LogP contribution in [-0.2, 0) is 0 Å². The standard InChI is InChI=1S/C13H15BrN4O2/c1-13(2,3)6-15-12-9-4-8(18(19)20)5-10(14)11(9)16-7-17-12/h4-5,7H,6H2,1-3H3,(H,15,16,17). The van der Waals surface area contributed by atoms with E-state index in [4.69, 9.17) is 0 Å². The molecule has 0 aliphatic rings. The Morgan fingerprint density at radius 1 is 1.35 bits per heavy atom. The molecule has 0 fully saturated rings. The first-order chi connectivity index (χ1) is 9.28. The van der Waals surface area contributed by atoms with Gasteiger partial charge in [0.25, 0.3) is 5.69 Å². The van der Waals surface area contributed by atoms with Crippen molar-refractivity contribution in [1.29, 1.82) is 0 Å². The van der Waals surface area contributed by atoms with Crippen LogP contribution in [0.5, 0.6) is 0 Å². The number of hydrogen-bond donors (Lipinski definition) is 1. The molecule has 1 aromatic heterocycles. The number of hydrogen-bond acceptors (Lipinski definition) is 5. The Bertz CT molecular complexity index is 667. The van der Waals surface area contributed by atoms with Crippen molar-refractivity contribution >= 4 is 38.3 Å². The van der Waals surface area contributed by atoms with E-state index in [1.807, 2.05) is 0 Å². The highest BCUT2D eigenvalue weighted by molar-refractivity contribution is 9.10. The number of non-ortho nitro benzene ring substituents is 1. The highest BCUT2D eigenvalue weighted by Crippen LogP contribution is 2.31. The molecule has 0 spiro atoms. The van der Waals surface area contributed by atoms with Gasteiger partial charge in [0.05, 0.1) is 20.3 Å². The summed E-state index contributed by atoms with van der Waals surface area (Å²) in [5.41, 5.74) is 0.745. The molecule has 0 aliphatic heterocycles. The summed E-state index contributed by atoms with van der Waals surface area (Å²) in [5, 5.41) is 14.8. The van der Waals surface area contributed by atoms with Crippen LogP contribution in [0.25, 0.3) is 10.9 Å². The molecule has 1 aromatic carbocycles. The van der Waals surface area contributed by atoms with Gasteiger partial charge in [-0.1, -0.05) is 20.8 Å². The molecule has 0 aliphatic carbocycles. The fourth-order valence-electron chi connectivity index (χ4n) is 1.71. The van der Waals surface area contributed by atoms with Gasteiger partial charge in [0, 0.05) is 18.7 Å². The first-order valence-electron chi connectivity index (χ1n) is 6.10. The minimum Gasteiger partial charge on any atom is -0.369 e. The van der Waals surface area contributed by atoms with Crippen molar-refractivity contribution in [1.82, 2.24) is 9.97 Å². The lowest BCUT2D eigenvalue weighted by Crippen LogP contribution is -2.19. The van der Waals surface area contributed by atoms with E-state index in [0.717, 1.165) is 0 Å². The van der Waals surface area contributed by atoms with Crippen molar-refractivity contribution in [2.75, 3.05) is 11.9 Å². The Morgan fingerprint density at radius 3 is 2.65 bits per heavy atom. The molecule has 0 amide bonds. The third-order valence-corrected chi connectivity index (χ3v) is 3.28. The Morgan fingerprint density at radius 2 is 2.05 bits per heavy atom. The van der Waals surface area contributed by atoms with Crippen LogP contribution in [-0.4, -0.2) is 21.4 Å². The van der Waals surface area contributed by atoms with Crippen LogP contribution < -0.4 is 5.32 Å². The number of nitrogens with zero attached hydrogens (tertiary/aromatic N) is 3. The average Bonchev–Trinajstić information content (AvgIpc) is 2.35. The quantitative estimate of drug-likeness (QED) is 0.680. The van der Waals surface area contributed by atoms with Gasteiger partial charge < -0.3 is 5.32 Å². The summed E-state index contributed by atoms with van der Waals surface area (Å²) in [6, 6.07) is 2.94. The topological polar surface area (TPSA) is 81.0 Å². The molecule has 2 rings (SSSR count). The van der Waals surface area contributed by atoms with Gasteiger partial charge in [-0.25, -0.2) is 9.97 Å². The van der Waals surface area contributed by atoms with E-state index in [2.05, 4.69) is 52.0 Å². The molecule has 2 aromatic rings. The van der Waals surface area contributed by atoms with Crippen molar-refractivity contribution in [3.63, 3.8) is 0 Å². The lowest BCUT2D eigenvalue weighted by atomic mass is 9.97. The van der Waals surface area contributed by atoms with E-state index in [9.17, 15) is 10.1 Å². The van der Waals surface area contributed by atoms with Crippen LogP contribution in [0.3, 0.4) is 0 Å². The third kappa shape index (κ3) is 3.22. The van der Waals surface area contributed by atoms with Gasteiger partial charge in [-0.3, -0.25) is 10.1 Å². The molecule has 0 radical (unpaired) electrons. The molecule has 1 heterocycles. The van der Waals surface area contributed by atoms with E-state index in [-0.39, 0.29) is 11.1 Å². The van der Waals surface area contributed by atoms with Crippen LogP contribution in [0.15, 0.2) is 22.9 Å². The maximum atomic E-state index is 10.9. The van der Waals surface area contributed by atoms with Crippen LogP contribution in [0.1, 0.15) is 20.8 Å². The molecule has 7 heteroatoms. The fourth-order valence-corrected chi connectivity index (χ4v) is 2.26. The van der Waals surface area contributed by atoms with Gasteiger partial charge in [0.2, 0.25) is 0 Å². The zero-order chi connectivity index (χ0) is 14.9. The van der Waals surface area contributed by atoms with E-state index in [0.29, 0.717) is 27.7 Å². The number of nitro benzene ring substituents is 1. The number of nitro groups is 1. The van der Waals surface area contributed by atoms with Gasteiger partial charge in [0.15, 0.2) is 0 Å². The summed E-state index contributed by atoms with van der Waals surface area (Å²) in [5.74, 6) is 0.606. The number of fused-ring (bicyclic) bond motifs is 1. The average molecular weight is 339 g/mol. The number of benzene rings is 1. The lowest BCUT2D eigenvalue weighted by molar-refractivity contribution is -0.384. The highest BCUT2D eigenvalue weighted by atomic mass is 79.9. The van der Waals surface area contributed by atoms with Crippen molar-refractivity contribution in [2.24, 2.45) is 5.41 Å². The van der Waals surface area contributed by atoms with Gasteiger partial charge in [0.1, 0.15) is 12.1 Å². The summed E-state index contributed by atoms with van der Waals surface area (Å²) in [6.45, 7) is 7.00. The Hall–Kier alpha value is -1.76. The summed E-state index contributed by atoms with van der Waals surface area (Å²) in [7, 11) is 0. The van der Waals surface area contributed by atoms with Crippen LogP contribution >= 0.6 is 15.9 Å². The van der Waals surface area contributed by atoms with Crippen molar-refractivity contribution in [3.8, 4) is 0 Å². The van der Waals surface area contributed by atoms with Crippen molar-refractivity contribution < 1.29 is 4.92 Å². The normalized spacial score (nSPS) is 11.6. The van der Waals surface area contributed by atoms with Crippen molar-refractivity contribution in [2.45, 2.75) is 20.8 Å². The molecule has 0 bridgehead atoms. The largest absolute Gasteiger partial charge is 0.369 e. The van der Waals surface area contributed by atoms with E-state index in [1.165, 1.54) is 18.5 Å². The second kappa shape index (κ2) is 5.32. The Labute approximate surface area is 124 Å². The fraction of sp³-hybridized carbons (Fsp3) is 0.385. The van der Waals surface area contributed by atoms with Crippen LogP contribution in [0.4, 0.5) is 11.5 Å². The summed E-state index contributed by atoms with van der Waals surface area (Å²) < 4.78 is 0.586. The molecule has 106 valence electrons. The van der Waals surface area contributed by atoms with Gasteiger partial charge in [-0.05, 0) is 21.3 Å². The van der Waals surface area contributed by atoms with Gasteiger partial charge >= 0.3 is 0 Å². The Balaban J connectivity index is 2.52. The molecule has 0 atom stereocenters.